The molecule has 0 spiro atoms. The highest BCUT2D eigenvalue weighted by Gasteiger charge is 2.29. The van der Waals surface area contributed by atoms with Crippen LogP contribution in [-0.2, 0) is 19.6 Å². The number of nitrogens with one attached hydrogen (secondary N) is 1. The van der Waals surface area contributed by atoms with Crippen molar-refractivity contribution < 1.29 is 27.5 Å². The first-order chi connectivity index (χ1) is 14.2. The predicted molar refractivity (Wildman–Crippen MR) is 110 cm³/mol. The molecule has 1 fully saturated rings. The number of hydrogen-bond acceptors (Lipinski definition) is 6. The van der Waals surface area contributed by atoms with Crippen LogP contribution in [0.1, 0.15) is 15.9 Å². The number of morpholine rings is 1. The van der Waals surface area contributed by atoms with Gasteiger partial charge in [0.25, 0.3) is 15.9 Å². The van der Waals surface area contributed by atoms with E-state index < -0.39 is 22.0 Å². The first-order valence-electron chi connectivity index (χ1n) is 9.19. The summed E-state index contributed by atoms with van der Waals surface area (Å²) in [6, 6.07) is 10.8. The molecule has 2 aromatic rings. The van der Waals surface area contributed by atoms with Gasteiger partial charge in [-0.2, -0.15) is 0 Å². The standard InChI is InChI=1S/C20H23N3O6S/c1-13-3-8-16(30(26,27)22-14-4-6-15(28-2)7-5-14)11-17(13)20(25)23-9-10-29-18(12-23)19(21)24/h3-8,11,18,22H,9-10,12H2,1-2H3,(H2,21,24). The fourth-order valence-electron chi connectivity index (χ4n) is 3.05. The van der Waals surface area contributed by atoms with Crippen LogP contribution in [0, 0.1) is 6.92 Å². The molecule has 1 unspecified atom stereocenters. The molecule has 3 N–H and O–H groups in total. The van der Waals surface area contributed by atoms with Gasteiger partial charge in [0, 0.05) is 17.8 Å². The number of benzene rings is 2. The summed E-state index contributed by atoms with van der Waals surface area (Å²) in [4.78, 5) is 25.8. The van der Waals surface area contributed by atoms with Crippen molar-refractivity contribution in [1.82, 2.24) is 4.90 Å². The molecule has 0 radical (unpaired) electrons. The highest BCUT2D eigenvalue weighted by atomic mass is 32.2. The Kier molecular flexibility index (Phi) is 6.28. The third kappa shape index (κ3) is 4.71. The van der Waals surface area contributed by atoms with Crippen LogP contribution in [0.3, 0.4) is 0 Å². The van der Waals surface area contributed by atoms with E-state index >= 15 is 0 Å². The number of amides is 2. The van der Waals surface area contributed by atoms with Gasteiger partial charge in [-0.15, -0.1) is 0 Å². The van der Waals surface area contributed by atoms with Crippen LogP contribution in [0.5, 0.6) is 5.75 Å². The van der Waals surface area contributed by atoms with Crippen molar-refractivity contribution in [2.45, 2.75) is 17.9 Å². The Balaban J connectivity index is 1.84. The molecular weight excluding hydrogens is 410 g/mol. The lowest BCUT2D eigenvalue weighted by Crippen LogP contribution is -2.50. The average Bonchev–Trinajstić information content (AvgIpc) is 2.73. The van der Waals surface area contributed by atoms with Gasteiger partial charge in [0.2, 0.25) is 5.91 Å². The summed E-state index contributed by atoms with van der Waals surface area (Å²) in [5, 5.41) is 0. The van der Waals surface area contributed by atoms with Gasteiger partial charge in [-0.1, -0.05) is 6.07 Å². The quantitative estimate of drug-likeness (QED) is 0.703. The summed E-state index contributed by atoms with van der Waals surface area (Å²) in [5.74, 6) is -0.436. The molecule has 2 aromatic carbocycles. The monoisotopic (exact) mass is 433 g/mol. The first-order valence-corrected chi connectivity index (χ1v) is 10.7. The van der Waals surface area contributed by atoms with E-state index in [9.17, 15) is 18.0 Å². The van der Waals surface area contributed by atoms with Crippen molar-refractivity contribution in [1.29, 1.82) is 0 Å². The SMILES string of the molecule is COc1ccc(NS(=O)(=O)c2ccc(C)c(C(=O)N3CCOC(C(N)=O)C3)c2)cc1. The van der Waals surface area contributed by atoms with Crippen molar-refractivity contribution in [3.05, 3.63) is 53.6 Å². The molecule has 0 aromatic heterocycles. The third-order valence-electron chi connectivity index (χ3n) is 4.76. The van der Waals surface area contributed by atoms with Crippen LogP contribution >= 0.6 is 0 Å². The smallest absolute Gasteiger partial charge is 0.261 e. The van der Waals surface area contributed by atoms with Crippen LogP contribution in [0.15, 0.2) is 47.4 Å². The van der Waals surface area contributed by atoms with Crippen LogP contribution in [0.2, 0.25) is 0 Å². The van der Waals surface area contributed by atoms with Gasteiger partial charge in [0.1, 0.15) is 5.75 Å². The van der Waals surface area contributed by atoms with E-state index in [1.54, 1.807) is 37.3 Å². The van der Waals surface area contributed by atoms with Crippen LogP contribution < -0.4 is 15.2 Å². The number of sulfonamides is 1. The van der Waals surface area contributed by atoms with E-state index in [-0.39, 0.29) is 36.1 Å². The van der Waals surface area contributed by atoms with Gasteiger partial charge in [-0.3, -0.25) is 14.3 Å². The molecule has 3 rings (SSSR count). The molecule has 0 bridgehead atoms. The highest BCUT2D eigenvalue weighted by Crippen LogP contribution is 2.22. The number of carbonyl (C=O) groups is 2. The minimum atomic E-state index is -3.92. The minimum Gasteiger partial charge on any atom is -0.497 e. The summed E-state index contributed by atoms with van der Waals surface area (Å²) in [7, 11) is -2.40. The molecule has 30 heavy (non-hydrogen) atoms. The minimum absolute atomic E-state index is 0.0225. The number of carbonyl (C=O) groups excluding carboxylic acids is 2. The Hall–Kier alpha value is -3.11. The van der Waals surface area contributed by atoms with E-state index in [2.05, 4.69) is 4.72 Å². The maximum Gasteiger partial charge on any atom is 0.261 e. The van der Waals surface area contributed by atoms with Crippen molar-refractivity contribution in [3.63, 3.8) is 0 Å². The lowest BCUT2D eigenvalue weighted by atomic mass is 10.1. The number of hydrogen-bond donors (Lipinski definition) is 2. The van der Waals surface area contributed by atoms with Crippen LogP contribution in [0.25, 0.3) is 0 Å². The van der Waals surface area contributed by atoms with E-state index in [1.807, 2.05) is 0 Å². The fourth-order valence-corrected chi connectivity index (χ4v) is 4.13. The molecule has 9 nitrogen and oxygen atoms in total. The number of nitrogens with zero attached hydrogens (tertiary/aromatic N) is 1. The van der Waals surface area contributed by atoms with Gasteiger partial charge in [0.05, 0.1) is 25.2 Å². The normalized spacial score (nSPS) is 16.7. The van der Waals surface area contributed by atoms with Gasteiger partial charge in [-0.25, -0.2) is 8.42 Å². The zero-order chi connectivity index (χ0) is 21.9. The van der Waals surface area contributed by atoms with Crippen LogP contribution in [0.4, 0.5) is 5.69 Å². The van der Waals surface area contributed by atoms with Gasteiger partial charge >= 0.3 is 0 Å². The molecular formula is C20H23N3O6S. The number of rotatable bonds is 6. The number of nitrogens with two attached hydrogens (primary N) is 1. The number of aryl methyl sites for hydroxylation is 1. The van der Waals surface area contributed by atoms with E-state index in [1.165, 1.54) is 24.1 Å². The van der Waals surface area contributed by atoms with Crippen LogP contribution in [-0.4, -0.2) is 58.0 Å². The van der Waals surface area contributed by atoms with E-state index in [4.69, 9.17) is 15.2 Å². The Bertz CT molecular complexity index is 1050. The van der Waals surface area contributed by atoms with Gasteiger partial charge in [0.15, 0.2) is 6.10 Å². The lowest BCUT2D eigenvalue weighted by Gasteiger charge is -2.31. The summed E-state index contributed by atoms with van der Waals surface area (Å²) in [6.07, 6.45) is -0.883. The number of primary amides is 1. The Morgan fingerprint density at radius 3 is 2.53 bits per heavy atom. The number of ether oxygens (including phenoxy) is 2. The molecule has 1 heterocycles. The molecule has 10 heteroatoms. The summed E-state index contributed by atoms with van der Waals surface area (Å²) >= 11 is 0. The topological polar surface area (TPSA) is 128 Å². The Morgan fingerprint density at radius 2 is 1.90 bits per heavy atom. The Labute approximate surface area is 174 Å². The molecule has 1 aliphatic rings. The van der Waals surface area contributed by atoms with Gasteiger partial charge < -0.3 is 20.1 Å². The molecule has 160 valence electrons. The van der Waals surface area contributed by atoms with E-state index in [0.717, 1.165) is 0 Å². The van der Waals surface area contributed by atoms with Crippen molar-refractivity contribution >= 4 is 27.5 Å². The fraction of sp³-hybridized carbons (Fsp3) is 0.300. The van der Waals surface area contributed by atoms with Crippen molar-refractivity contribution in [2.75, 3.05) is 31.5 Å². The first kappa shape index (κ1) is 21.6. The predicted octanol–water partition coefficient (Wildman–Crippen LogP) is 1.13. The largest absolute Gasteiger partial charge is 0.497 e. The average molecular weight is 433 g/mol. The summed E-state index contributed by atoms with van der Waals surface area (Å²) in [6.45, 7) is 2.19. The Morgan fingerprint density at radius 1 is 1.20 bits per heavy atom. The molecule has 1 atom stereocenters. The second-order valence-electron chi connectivity index (χ2n) is 6.82. The summed E-state index contributed by atoms with van der Waals surface area (Å²) in [5.41, 5.74) is 6.49. The second-order valence-corrected chi connectivity index (χ2v) is 8.51. The zero-order valence-corrected chi connectivity index (χ0v) is 17.4. The summed E-state index contributed by atoms with van der Waals surface area (Å²) < 4.78 is 38.4. The van der Waals surface area contributed by atoms with Gasteiger partial charge in [-0.05, 0) is 48.9 Å². The molecule has 1 saturated heterocycles. The van der Waals surface area contributed by atoms with E-state index in [0.29, 0.717) is 17.0 Å². The molecule has 2 amide bonds. The molecule has 0 saturated carbocycles. The number of methoxy groups -OCH3 is 1. The van der Waals surface area contributed by atoms with Crippen molar-refractivity contribution in [2.24, 2.45) is 5.73 Å². The maximum atomic E-state index is 13.0. The molecule has 1 aliphatic heterocycles. The lowest BCUT2D eigenvalue weighted by molar-refractivity contribution is -0.133. The third-order valence-corrected chi connectivity index (χ3v) is 6.14. The second kappa shape index (κ2) is 8.72. The highest BCUT2D eigenvalue weighted by molar-refractivity contribution is 7.92. The number of anilines is 1. The maximum absolute atomic E-state index is 13.0. The molecule has 0 aliphatic carbocycles. The zero-order valence-electron chi connectivity index (χ0n) is 16.6. The van der Waals surface area contributed by atoms with Crippen molar-refractivity contribution in [3.8, 4) is 5.75 Å².